The second kappa shape index (κ2) is 4.50. The Morgan fingerprint density at radius 1 is 1.26 bits per heavy atom. The molecule has 0 bridgehead atoms. The van der Waals surface area contributed by atoms with E-state index in [9.17, 15) is 4.39 Å². The Morgan fingerprint density at radius 3 is 2.89 bits per heavy atom. The van der Waals surface area contributed by atoms with Gasteiger partial charge in [-0.05, 0) is 32.0 Å². The van der Waals surface area contributed by atoms with Gasteiger partial charge in [-0.3, -0.25) is 0 Å². The van der Waals surface area contributed by atoms with Crippen LogP contribution >= 0.6 is 0 Å². The smallest absolute Gasteiger partial charge is 0.147 e. The molecule has 0 unspecified atom stereocenters. The minimum atomic E-state index is -0.193. The van der Waals surface area contributed by atoms with Gasteiger partial charge in [0.1, 0.15) is 18.0 Å². The average molecular weight is 258 g/mol. The molecule has 0 aliphatic carbocycles. The maximum Gasteiger partial charge on any atom is 0.147 e. The van der Waals surface area contributed by atoms with Crippen molar-refractivity contribution in [2.75, 3.05) is 0 Å². The first kappa shape index (κ1) is 11.9. The fourth-order valence-electron chi connectivity index (χ4n) is 2.29. The number of aromatic nitrogens is 4. The van der Waals surface area contributed by atoms with Crippen LogP contribution in [0, 0.1) is 5.82 Å². The summed E-state index contributed by atoms with van der Waals surface area (Å²) in [7, 11) is 0. The van der Waals surface area contributed by atoms with Crippen molar-refractivity contribution in [3.63, 3.8) is 0 Å². The van der Waals surface area contributed by atoms with Crippen LogP contribution in [0.2, 0.25) is 0 Å². The molecule has 3 aromatic rings. The van der Waals surface area contributed by atoms with Gasteiger partial charge in [-0.1, -0.05) is 6.07 Å². The standard InChI is InChI=1S/C14H15FN4/c1-10(2)19-14(16-9-17-19)8-18-7-6-11-12(15)4-3-5-13(11)18/h3-7,9-10H,8H2,1-2H3. The Kier molecular flexibility index (Phi) is 2.81. The van der Waals surface area contributed by atoms with Crippen molar-refractivity contribution < 1.29 is 4.39 Å². The Hall–Kier alpha value is -2.17. The van der Waals surface area contributed by atoms with Crippen LogP contribution in [0.4, 0.5) is 4.39 Å². The summed E-state index contributed by atoms with van der Waals surface area (Å²) in [5.41, 5.74) is 0.873. The van der Waals surface area contributed by atoms with Crippen LogP contribution in [-0.4, -0.2) is 19.3 Å². The molecule has 0 saturated carbocycles. The summed E-state index contributed by atoms with van der Waals surface area (Å²) in [6.45, 7) is 4.71. The summed E-state index contributed by atoms with van der Waals surface area (Å²) in [5, 5.41) is 4.85. The summed E-state index contributed by atoms with van der Waals surface area (Å²) in [5.74, 6) is 0.679. The molecule has 4 nitrogen and oxygen atoms in total. The van der Waals surface area contributed by atoms with Gasteiger partial charge in [-0.2, -0.15) is 5.10 Å². The van der Waals surface area contributed by atoms with Gasteiger partial charge in [0, 0.05) is 17.6 Å². The number of halogens is 1. The van der Waals surface area contributed by atoms with Gasteiger partial charge in [0.25, 0.3) is 0 Å². The molecule has 2 heterocycles. The van der Waals surface area contributed by atoms with Crippen LogP contribution in [-0.2, 0) is 6.54 Å². The Balaban J connectivity index is 2.02. The molecule has 0 aliphatic heterocycles. The Bertz CT molecular complexity index is 711. The molecule has 0 spiro atoms. The molecule has 0 fully saturated rings. The summed E-state index contributed by atoms with van der Waals surface area (Å²) in [6.07, 6.45) is 3.44. The van der Waals surface area contributed by atoms with E-state index in [4.69, 9.17) is 0 Å². The van der Waals surface area contributed by atoms with Crippen molar-refractivity contribution in [3.8, 4) is 0 Å². The summed E-state index contributed by atoms with van der Waals surface area (Å²) < 4.78 is 17.5. The van der Waals surface area contributed by atoms with E-state index in [1.807, 2.05) is 21.5 Å². The predicted octanol–water partition coefficient (Wildman–Crippen LogP) is 3.00. The lowest BCUT2D eigenvalue weighted by Crippen LogP contribution is -2.11. The summed E-state index contributed by atoms with van der Waals surface area (Å²) in [4.78, 5) is 4.28. The van der Waals surface area contributed by atoms with Crippen molar-refractivity contribution in [2.24, 2.45) is 0 Å². The van der Waals surface area contributed by atoms with Gasteiger partial charge in [0.15, 0.2) is 0 Å². The van der Waals surface area contributed by atoms with Crippen molar-refractivity contribution in [1.82, 2.24) is 19.3 Å². The van der Waals surface area contributed by atoms with Crippen molar-refractivity contribution in [2.45, 2.75) is 26.4 Å². The quantitative estimate of drug-likeness (QED) is 0.724. The zero-order valence-electron chi connectivity index (χ0n) is 10.9. The van der Waals surface area contributed by atoms with E-state index in [1.165, 1.54) is 6.07 Å². The van der Waals surface area contributed by atoms with Crippen molar-refractivity contribution >= 4 is 10.9 Å². The number of hydrogen-bond acceptors (Lipinski definition) is 2. The summed E-state index contributed by atoms with van der Waals surface area (Å²) in [6, 6.07) is 7.16. The van der Waals surface area contributed by atoms with Crippen LogP contribution in [0.3, 0.4) is 0 Å². The molecular formula is C14H15FN4. The van der Waals surface area contributed by atoms with E-state index < -0.39 is 0 Å². The molecule has 1 aromatic carbocycles. The Morgan fingerprint density at radius 2 is 2.11 bits per heavy atom. The van der Waals surface area contributed by atoms with E-state index in [2.05, 4.69) is 23.9 Å². The third-order valence-corrected chi connectivity index (χ3v) is 3.21. The normalized spacial score (nSPS) is 11.6. The lowest BCUT2D eigenvalue weighted by Gasteiger charge is -2.10. The molecular weight excluding hydrogens is 243 g/mol. The molecule has 0 aliphatic rings. The van der Waals surface area contributed by atoms with Gasteiger partial charge in [0.05, 0.1) is 12.1 Å². The van der Waals surface area contributed by atoms with Gasteiger partial charge < -0.3 is 4.57 Å². The van der Waals surface area contributed by atoms with E-state index in [0.717, 1.165) is 11.3 Å². The number of nitrogens with zero attached hydrogens (tertiary/aromatic N) is 4. The number of fused-ring (bicyclic) bond motifs is 1. The zero-order chi connectivity index (χ0) is 13.4. The van der Waals surface area contributed by atoms with Crippen molar-refractivity contribution in [1.29, 1.82) is 0 Å². The predicted molar refractivity (Wildman–Crippen MR) is 71.4 cm³/mol. The summed E-state index contributed by atoms with van der Waals surface area (Å²) >= 11 is 0. The average Bonchev–Trinajstić information content (AvgIpc) is 2.98. The fourth-order valence-corrected chi connectivity index (χ4v) is 2.29. The lowest BCUT2D eigenvalue weighted by atomic mass is 10.2. The first-order chi connectivity index (χ1) is 9.16. The third-order valence-electron chi connectivity index (χ3n) is 3.21. The molecule has 0 amide bonds. The molecule has 0 radical (unpaired) electrons. The minimum absolute atomic E-state index is 0.193. The lowest BCUT2D eigenvalue weighted by molar-refractivity contribution is 0.498. The number of hydrogen-bond donors (Lipinski definition) is 0. The molecule has 0 saturated heterocycles. The van der Waals surface area contributed by atoms with Gasteiger partial charge >= 0.3 is 0 Å². The van der Waals surface area contributed by atoms with E-state index in [0.29, 0.717) is 11.9 Å². The first-order valence-corrected chi connectivity index (χ1v) is 6.28. The second-order valence-electron chi connectivity index (χ2n) is 4.83. The molecule has 98 valence electrons. The maximum atomic E-state index is 13.6. The second-order valence-corrected chi connectivity index (χ2v) is 4.83. The van der Waals surface area contributed by atoms with Crippen LogP contribution in [0.5, 0.6) is 0 Å². The third kappa shape index (κ3) is 2.01. The molecule has 0 N–H and O–H groups in total. The first-order valence-electron chi connectivity index (χ1n) is 6.28. The largest absolute Gasteiger partial charge is 0.340 e. The monoisotopic (exact) mass is 258 g/mol. The van der Waals surface area contributed by atoms with Gasteiger partial charge in [-0.25, -0.2) is 14.1 Å². The maximum absolute atomic E-state index is 13.6. The van der Waals surface area contributed by atoms with Crippen LogP contribution in [0.15, 0.2) is 36.8 Å². The zero-order valence-corrected chi connectivity index (χ0v) is 10.9. The topological polar surface area (TPSA) is 35.6 Å². The molecule has 0 atom stereocenters. The SMILES string of the molecule is CC(C)n1ncnc1Cn1ccc2c(F)cccc21. The fraction of sp³-hybridized carbons (Fsp3) is 0.286. The molecule has 2 aromatic heterocycles. The Labute approximate surface area is 110 Å². The minimum Gasteiger partial charge on any atom is -0.340 e. The number of benzene rings is 1. The number of rotatable bonds is 3. The highest BCUT2D eigenvalue weighted by molar-refractivity contribution is 5.80. The molecule has 19 heavy (non-hydrogen) atoms. The highest BCUT2D eigenvalue weighted by atomic mass is 19.1. The van der Waals surface area contributed by atoms with E-state index >= 15 is 0 Å². The highest BCUT2D eigenvalue weighted by Crippen LogP contribution is 2.20. The highest BCUT2D eigenvalue weighted by Gasteiger charge is 2.10. The molecule has 5 heteroatoms. The van der Waals surface area contributed by atoms with Crippen LogP contribution < -0.4 is 0 Å². The van der Waals surface area contributed by atoms with E-state index in [-0.39, 0.29) is 11.9 Å². The van der Waals surface area contributed by atoms with E-state index in [1.54, 1.807) is 18.5 Å². The van der Waals surface area contributed by atoms with Crippen molar-refractivity contribution in [3.05, 3.63) is 48.4 Å². The van der Waals surface area contributed by atoms with Crippen LogP contribution in [0.1, 0.15) is 25.7 Å². The molecule has 3 rings (SSSR count). The van der Waals surface area contributed by atoms with Gasteiger partial charge in [0.2, 0.25) is 0 Å². The van der Waals surface area contributed by atoms with Gasteiger partial charge in [-0.15, -0.1) is 0 Å². The van der Waals surface area contributed by atoms with Crippen LogP contribution in [0.25, 0.3) is 10.9 Å².